The number of unbranched alkanes of at least 4 members (excludes halogenated alkanes) is 15. The lowest BCUT2D eigenvalue weighted by atomic mass is 10.1. The zero-order valence-corrected chi connectivity index (χ0v) is 44.7. The fraction of sp³-hybridized carbons (Fsp3) is 0.569. The van der Waals surface area contributed by atoms with E-state index in [-0.39, 0.29) is 25.2 Å². The Morgan fingerprint density at radius 1 is 0.329 bits per heavy atom. The molecule has 0 aromatic heterocycles. The summed E-state index contributed by atoms with van der Waals surface area (Å²) in [4.78, 5) is 24.5. The average molecular weight is 964 g/mol. The van der Waals surface area contributed by atoms with E-state index in [1.54, 1.807) is 0 Å². The maximum Gasteiger partial charge on any atom is 0.306 e. The van der Waals surface area contributed by atoms with Gasteiger partial charge in [0.05, 0.1) is 6.61 Å². The molecule has 0 aromatic carbocycles. The lowest BCUT2D eigenvalue weighted by Crippen LogP contribution is -2.28. The summed E-state index contributed by atoms with van der Waals surface area (Å²) in [6.07, 6.45) is 90.6. The van der Waals surface area contributed by atoms with E-state index in [0.29, 0.717) is 12.8 Å². The number of rotatable bonds is 49. The third kappa shape index (κ3) is 56.1. The van der Waals surface area contributed by atoms with Gasteiger partial charge in [0.25, 0.3) is 0 Å². The highest BCUT2D eigenvalue weighted by Crippen LogP contribution is 2.14. The molecule has 5 heteroatoms. The van der Waals surface area contributed by atoms with E-state index in [9.17, 15) is 14.7 Å². The first-order valence-corrected chi connectivity index (χ1v) is 28.0. The molecule has 1 N–H and O–H groups in total. The summed E-state index contributed by atoms with van der Waals surface area (Å²) in [5.74, 6) is -0.629. The highest BCUT2D eigenvalue weighted by Gasteiger charge is 2.16. The standard InChI is InChI=1S/C65H102O5/c1-3-5-7-9-11-13-15-17-19-21-23-25-27-28-29-30-31-32-33-34-35-36-38-40-42-44-46-48-50-52-54-56-58-60-65(68)70-63(61-66)62-69-64(67)59-57-55-53-51-49-47-45-43-41-39-37-26-24-22-20-18-16-14-12-10-8-6-4-2/h5-8,11-14,17-20,23-26,28-29,31-32,34-35,38,40,44,46,63,66H,3-4,9-10,15-16,21-22,27,30,33,36-37,39,41-43,45,47-62H2,1-2H3/b7-5-,8-6-,13-11-,14-12-,19-17-,20-18-,25-23-,26-24-,29-28-,32-31-,35-34-,40-38-,46-44-. The lowest BCUT2D eigenvalue weighted by molar-refractivity contribution is -0.161. The van der Waals surface area contributed by atoms with Gasteiger partial charge in [0.1, 0.15) is 6.61 Å². The van der Waals surface area contributed by atoms with Crippen LogP contribution in [0.1, 0.15) is 219 Å². The molecule has 0 heterocycles. The van der Waals surface area contributed by atoms with E-state index in [0.717, 1.165) is 141 Å². The number of aliphatic hydroxyl groups is 1. The van der Waals surface area contributed by atoms with Crippen LogP contribution in [-0.2, 0) is 19.1 Å². The number of carbonyl (C=O) groups excluding carboxylic acids is 2. The zero-order chi connectivity index (χ0) is 50.6. The topological polar surface area (TPSA) is 72.8 Å². The molecule has 70 heavy (non-hydrogen) atoms. The maximum absolute atomic E-state index is 12.3. The second-order valence-corrected chi connectivity index (χ2v) is 17.9. The molecule has 392 valence electrons. The van der Waals surface area contributed by atoms with Crippen molar-refractivity contribution in [2.24, 2.45) is 0 Å². The molecule has 0 aliphatic rings. The Bertz CT molecular complexity index is 1560. The fourth-order valence-electron chi connectivity index (χ4n) is 7.18. The van der Waals surface area contributed by atoms with Crippen molar-refractivity contribution in [3.05, 3.63) is 158 Å². The maximum atomic E-state index is 12.3. The third-order valence-corrected chi connectivity index (χ3v) is 11.3. The van der Waals surface area contributed by atoms with Gasteiger partial charge in [-0.25, -0.2) is 0 Å². The van der Waals surface area contributed by atoms with Gasteiger partial charge in [0.15, 0.2) is 6.10 Å². The lowest BCUT2D eigenvalue weighted by Gasteiger charge is -2.15. The Labute approximate surface area is 430 Å². The van der Waals surface area contributed by atoms with Gasteiger partial charge in [-0.05, 0) is 122 Å². The molecule has 1 unspecified atom stereocenters. The first-order chi connectivity index (χ1) is 34.6. The Morgan fingerprint density at radius 3 is 0.857 bits per heavy atom. The minimum atomic E-state index is -0.798. The van der Waals surface area contributed by atoms with Crippen LogP contribution in [0.5, 0.6) is 0 Å². The van der Waals surface area contributed by atoms with Gasteiger partial charge in [-0.1, -0.05) is 242 Å². The molecule has 0 saturated heterocycles. The van der Waals surface area contributed by atoms with Crippen LogP contribution in [0.3, 0.4) is 0 Å². The predicted molar refractivity (Wildman–Crippen MR) is 306 cm³/mol. The smallest absolute Gasteiger partial charge is 0.306 e. The number of allylic oxidation sites excluding steroid dienone is 26. The van der Waals surface area contributed by atoms with Crippen LogP contribution in [-0.4, -0.2) is 36.4 Å². The highest BCUT2D eigenvalue weighted by molar-refractivity contribution is 5.70. The van der Waals surface area contributed by atoms with Crippen LogP contribution in [0.2, 0.25) is 0 Å². The van der Waals surface area contributed by atoms with E-state index in [1.807, 2.05) is 0 Å². The quantitative estimate of drug-likeness (QED) is 0.0374. The third-order valence-electron chi connectivity index (χ3n) is 11.3. The summed E-state index contributed by atoms with van der Waals surface area (Å²) < 4.78 is 10.7. The van der Waals surface area contributed by atoms with Gasteiger partial charge in [-0.15, -0.1) is 0 Å². The van der Waals surface area contributed by atoms with Crippen molar-refractivity contribution in [2.75, 3.05) is 13.2 Å². The van der Waals surface area contributed by atoms with Crippen LogP contribution >= 0.6 is 0 Å². The monoisotopic (exact) mass is 963 g/mol. The zero-order valence-electron chi connectivity index (χ0n) is 44.7. The Balaban J connectivity index is 3.64. The summed E-state index contributed by atoms with van der Waals surface area (Å²) >= 11 is 0. The summed E-state index contributed by atoms with van der Waals surface area (Å²) in [6.45, 7) is 3.89. The number of esters is 2. The van der Waals surface area contributed by atoms with Crippen molar-refractivity contribution < 1.29 is 24.2 Å². The molecule has 0 spiro atoms. The van der Waals surface area contributed by atoms with E-state index < -0.39 is 6.10 Å². The van der Waals surface area contributed by atoms with Crippen molar-refractivity contribution in [1.29, 1.82) is 0 Å². The summed E-state index contributed by atoms with van der Waals surface area (Å²) in [6, 6.07) is 0. The molecule has 0 rings (SSSR count). The van der Waals surface area contributed by atoms with Crippen molar-refractivity contribution in [3.63, 3.8) is 0 Å². The molecular weight excluding hydrogens is 861 g/mol. The number of carbonyl (C=O) groups is 2. The number of hydrogen-bond acceptors (Lipinski definition) is 5. The second kappa shape index (κ2) is 58.8. The molecule has 0 saturated carbocycles. The van der Waals surface area contributed by atoms with Crippen molar-refractivity contribution in [2.45, 2.75) is 225 Å². The summed E-state index contributed by atoms with van der Waals surface area (Å²) in [5, 5.41) is 9.65. The first kappa shape index (κ1) is 65.5. The molecule has 0 radical (unpaired) electrons. The normalized spacial score (nSPS) is 13.5. The molecule has 1 atom stereocenters. The highest BCUT2D eigenvalue weighted by atomic mass is 16.6. The molecule has 0 amide bonds. The van der Waals surface area contributed by atoms with Crippen LogP contribution in [0, 0.1) is 0 Å². The molecule has 0 aromatic rings. The molecule has 0 aliphatic carbocycles. The van der Waals surface area contributed by atoms with Gasteiger partial charge < -0.3 is 14.6 Å². The Morgan fingerprint density at radius 2 is 0.571 bits per heavy atom. The van der Waals surface area contributed by atoms with E-state index in [4.69, 9.17) is 9.47 Å². The largest absolute Gasteiger partial charge is 0.462 e. The van der Waals surface area contributed by atoms with E-state index >= 15 is 0 Å². The second-order valence-electron chi connectivity index (χ2n) is 17.9. The van der Waals surface area contributed by atoms with Gasteiger partial charge in [0.2, 0.25) is 0 Å². The fourth-order valence-corrected chi connectivity index (χ4v) is 7.18. The Hall–Kier alpha value is -4.48. The van der Waals surface area contributed by atoms with E-state index in [2.05, 4.69) is 172 Å². The van der Waals surface area contributed by atoms with Crippen molar-refractivity contribution >= 4 is 11.9 Å². The molecule has 0 bridgehead atoms. The van der Waals surface area contributed by atoms with Gasteiger partial charge in [-0.2, -0.15) is 0 Å². The molecule has 0 aliphatic heterocycles. The molecule has 5 nitrogen and oxygen atoms in total. The van der Waals surface area contributed by atoms with Crippen LogP contribution in [0.15, 0.2) is 158 Å². The van der Waals surface area contributed by atoms with Crippen LogP contribution < -0.4 is 0 Å². The molecular formula is C65H102O5. The summed E-state index contributed by atoms with van der Waals surface area (Å²) in [7, 11) is 0. The number of hydrogen-bond donors (Lipinski definition) is 1. The van der Waals surface area contributed by atoms with Gasteiger partial charge >= 0.3 is 11.9 Å². The predicted octanol–water partition coefficient (Wildman–Crippen LogP) is 19.2. The van der Waals surface area contributed by atoms with Gasteiger partial charge in [0, 0.05) is 12.8 Å². The van der Waals surface area contributed by atoms with Crippen molar-refractivity contribution in [1.82, 2.24) is 0 Å². The van der Waals surface area contributed by atoms with E-state index in [1.165, 1.54) is 51.4 Å². The van der Waals surface area contributed by atoms with Crippen LogP contribution in [0.4, 0.5) is 0 Å². The van der Waals surface area contributed by atoms with Gasteiger partial charge in [-0.3, -0.25) is 9.59 Å². The average Bonchev–Trinajstić information content (AvgIpc) is 3.36. The number of aliphatic hydroxyl groups excluding tert-OH is 1. The minimum absolute atomic E-state index is 0.0867. The first-order valence-electron chi connectivity index (χ1n) is 28.0. The Kier molecular flexibility index (Phi) is 55.1. The number of ether oxygens (including phenoxy) is 2. The molecule has 0 fully saturated rings. The van der Waals surface area contributed by atoms with Crippen LogP contribution in [0.25, 0.3) is 0 Å². The SMILES string of the molecule is CC/C=C\C/C=C\C/C=C\C/C=C\C/C=C\C/C=C\C/C=C\C/C=C\C/C=C\CCCCCCCC(=O)OC(CO)COC(=O)CCCCCCCCCCCC/C=C\C/C=C\C/C=C\C/C=C\CC. The minimum Gasteiger partial charge on any atom is -0.462 e. The van der Waals surface area contributed by atoms with Crippen molar-refractivity contribution in [3.8, 4) is 0 Å². The summed E-state index contributed by atoms with van der Waals surface area (Å²) in [5.41, 5.74) is 0.